The van der Waals surface area contributed by atoms with Gasteiger partial charge in [-0.3, -0.25) is 0 Å². The monoisotopic (exact) mass is 310 g/mol. The second-order valence-corrected chi connectivity index (χ2v) is 6.52. The van der Waals surface area contributed by atoms with Crippen molar-refractivity contribution in [2.24, 2.45) is 5.41 Å². The fourth-order valence-corrected chi connectivity index (χ4v) is 1.94. The summed E-state index contributed by atoms with van der Waals surface area (Å²) in [5.41, 5.74) is 1.40. The molecule has 118 valence electrons. The van der Waals surface area contributed by atoms with Crippen molar-refractivity contribution in [1.29, 1.82) is 0 Å². The molecule has 0 radical (unpaired) electrons. The van der Waals surface area contributed by atoms with E-state index in [9.17, 15) is 0 Å². The number of ether oxygens (including phenoxy) is 2. The van der Waals surface area contributed by atoms with Crippen LogP contribution in [0.5, 0.6) is 11.5 Å². The molecule has 0 amide bonds. The molecule has 0 fully saturated rings. The van der Waals surface area contributed by atoms with Crippen molar-refractivity contribution in [3.63, 3.8) is 0 Å². The van der Waals surface area contributed by atoms with Crippen molar-refractivity contribution in [2.75, 3.05) is 27.3 Å². The van der Waals surface area contributed by atoms with Crippen LogP contribution in [0.25, 0.3) is 0 Å². The zero-order chi connectivity index (χ0) is 15.9. The van der Waals surface area contributed by atoms with Crippen molar-refractivity contribution in [2.45, 2.75) is 27.2 Å². The van der Waals surface area contributed by atoms with Crippen molar-refractivity contribution in [1.82, 2.24) is 10.6 Å². The van der Waals surface area contributed by atoms with Gasteiger partial charge in [0, 0.05) is 13.1 Å². The molecule has 2 N–H and O–H groups in total. The average molecular weight is 310 g/mol. The molecule has 1 aromatic rings. The Hall–Kier alpha value is -1.49. The molecule has 0 aromatic heterocycles. The molecule has 1 rings (SSSR count). The van der Waals surface area contributed by atoms with Gasteiger partial charge in [-0.15, -0.1) is 0 Å². The Morgan fingerprint density at radius 2 is 1.76 bits per heavy atom. The summed E-state index contributed by atoms with van der Waals surface area (Å²) in [6.07, 6.45) is 0.873. The van der Waals surface area contributed by atoms with Gasteiger partial charge in [0.05, 0.1) is 14.2 Å². The third-order valence-corrected chi connectivity index (χ3v) is 3.22. The fourth-order valence-electron chi connectivity index (χ4n) is 1.76. The Bertz CT molecular complexity index is 470. The molecule has 0 unspecified atom stereocenters. The predicted octanol–water partition coefficient (Wildman–Crippen LogP) is 2.76. The third-order valence-electron chi connectivity index (χ3n) is 2.93. The molecule has 0 spiro atoms. The summed E-state index contributed by atoms with van der Waals surface area (Å²) in [5, 5.41) is 7.14. The molecular weight excluding hydrogens is 284 g/mol. The minimum atomic E-state index is 0.217. The van der Waals surface area contributed by atoms with Crippen LogP contribution in [0.1, 0.15) is 26.3 Å². The van der Waals surface area contributed by atoms with E-state index in [1.54, 1.807) is 14.2 Å². The van der Waals surface area contributed by atoms with Crippen LogP contribution in [0.4, 0.5) is 0 Å². The van der Waals surface area contributed by atoms with Gasteiger partial charge >= 0.3 is 0 Å². The van der Waals surface area contributed by atoms with Crippen LogP contribution in [-0.2, 0) is 6.42 Å². The molecule has 0 aliphatic heterocycles. The number of nitrogens with one attached hydrogen (secondary N) is 2. The Morgan fingerprint density at radius 3 is 2.33 bits per heavy atom. The molecule has 4 nitrogen and oxygen atoms in total. The van der Waals surface area contributed by atoms with Gasteiger partial charge < -0.3 is 20.1 Å². The lowest BCUT2D eigenvalue weighted by atomic mass is 9.97. The molecular formula is C16H26N2O2S. The van der Waals surface area contributed by atoms with Gasteiger partial charge in [-0.05, 0) is 41.7 Å². The molecule has 21 heavy (non-hydrogen) atoms. The summed E-state index contributed by atoms with van der Waals surface area (Å²) in [7, 11) is 3.28. The second-order valence-electron chi connectivity index (χ2n) is 6.11. The van der Waals surface area contributed by atoms with Gasteiger partial charge in [-0.25, -0.2) is 0 Å². The molecule has 0 bridgehead atoms. The highest BCUT2D eigenvalue weighted by atomic mass is 32.1. The third kappa shape index (κ3) is 6.67. The minimum absolute atomic E-state index is 0.217. The highest BCUT2D eigenvalue weighted by molar-refractivity contribution is 7.80. The minimum Gasteiger partial charge on any atom is -0.493 e. The summed E-state index contributed by atoms with van der Waals surface area (Å²) in [4.78, 5) is 0. The number of hydrogen-bond acceptors (Lipinski definition) is 3. The van der Waals surface area contributed by atoms with E-state index in [1.165, 1.54) is 5.56 Å². The normalized spacial score (nSPS) is 10.9. The lowest BCUT2D eigenvalue weighted by Crippen LogP contribution is -2.40. The van der Waals surface area contributed by atoms with Crippen molar-refractivity contribution in [3.8, 4) is 11.5 Å². The summed E-state index contributed by atoms with van der Waals surface area (Å²) in [5.74, 6) is 1.50. The summed E-state index contributed by atoms with van der Waals surface area (Å²) in [6.45, 7) is 8.16. The summed E-state index contributed by atoms with van der Waals surface area (Å²) < 4.78 is 10.5. The number of hydrogen-bond donors (Lipinski definition) is 2. The van der Waals surface area contributed by atoms with Gasteiger partial charge in [0.2, 0.25) is 0 Å². The fraction of sp³-hybridized carbons (Fsp3) is 0.562. The lowest BCUT2D eigenvalue weighted by molar-refractivity contribution is 0.354. The highest BCUT2D eigenvalue weighted by Gasteiger charge is 2.10. The molecule has 5 heteroatoms. The largest absolute Gasteiger partial charge is 0.493 e. The molecule has 0 aliphatic rings. The lowest BCUT2D eigenvalue weighted by Gasteiger charge is -2.20. The maximum atomic E-state index is 5.30. The molecule has 0 heterocycles. The first kappa shape index (κ1) is 17.6. The van der Waals surface area contributed by atoms with Crippen LogP contribution in [0.2, 0.25) is 0 Å². The summed E-state index contributed by atoms with van der Waals surface area (Å²) >= 11 is 5.26. The van der Waals surface area contributed by atoms with E-state index in [1.807, 2.05) is 18.2 Å². The maximum absolute atomic E-state index is 5.30. The number of rotatable bonds is 6. The van der Waals surface area contributed by atoms with Crippen LogP contribution in [-0.4, -0.2) is 32.4 Å². The first-order valence-electron chi connectivity index (χ1n) is 7.08. The second kappa shape index (κ2) is 8.08. The zero-order valence-corrected chi connectivity index (χ0v) is 14.4. The van der Waals surface area contributed by atoms with Crippen LogP contribution in [0.15, 0.2) is 18.2 Å². The Morgan fingerprint density at radius 1 is 1.10 bits per heavy atom. The van der Waals surface area contributed by atoms with Gasteiger partial charge in [0.15, 0.2) is 16.6 Å². The van der Waals surface area contributed by atoms with Gasteiger partial charge in [-0.1, -0.05) is 26.8 Å². The number of methoxy groups -OCH3 is 2. The maximum Gasteiger partial charge on any atom is 0.166 e. The van der Waals surface area contributed by atoms with Crippen LogP contribution >= 0.6 is 12.2 Å². The van der Waals surface area contributed by atoms with Gasteiger partial charge in [0.25, 0.3) is 0 Å². The van der Waals surface area contributed by atoms with Crippen molar-refractivity contribution < 1.29 is 9.47 Å². The standard InChI is InChI=1S/C16H26N2O2S/c1-16(2,3)11-18-15(21)17-9-8-12-6-7-13(19-4)14(10-12)20-5/h6-7,10H,8-9,11H2,1-5H3,(H2,17,18,21). The molecule has 0 saturated heterocycles. The molecule has 0 aliphatic carbocycles. The van der Waals surface area contributed by atoms with E-state index in [0.717, 1.165) is 31.0 Å². The smallest absolute Gasteiger partial charge is 0.166 e. The van der Waals surface area contributed by atoms with Gasteiger partial charge in [0.1, 0.15) is 0 Å². The Balaban J connectivity index is 2.40. The topological polar surface area (TPSA) is 42.5 Å². The van der Waals surface area contributed by atoms with E-state index in [2.05, 4.69) is 31.4 Å². The number of thiocarbonyl (C=S) groups is 1. The van der Waals surface area contributed by atoms with E-state index in [4.69, 9.17) is 21.7 Å². The molecule has 1 aromatic carbocycles. The first-order chi connectivity index (χ1) is 9.85. The number of benzene rings is 1. The Kier molecular flexibility index (Phi) is 6.75. The SMILES string of the molecule is COc1ccc(CCNC(=S)NCC(C)(C)C)cc1OC. The quantitative estimate of drug-likeness (QED) is 0.791. The van der Waals surface area contributed by atoms with Crippen LogP contribution in [0.3, 0.4) is 0 Å². The van der Waals surface area contributed by atoms with Crippen LogP contribution in [0, 0.1) is 5.41 Å². The van der Waals surface area contributed by atoms with Gasteiger partial charge in [-0.2, -0.15) is 0 Å². The first-order valence-corrected chi connectivity index (χ1v) is 7.49. The van der Waals surface area contributed by atoms with E-state index >= 15 is 0 Å². The summed E-state index contributed by atoms with van der Waals surface area (Å²) in [6, 6.07) is 5.95. The Labute approximate surface area is 133 Å². The van der Waals surface area contributed by atoms with Crippen LogP contribution < -0.4 is 20.1 Å². The van der Waals surface area contributed by atoms with Crippen molar-refractivity contribution >= 4 is 17.3 Å². The molecule has 0 atom stereocenters. The predicted molar refractivity (Wildman–Crippen MR) is 91.3 cm³/mol. The highest BCUT2D eigenvalue weighted by Crippen LogP contribution is 2.27. The van der Waals surface area contributed by atoms with E-state index in [0.29, 0.717) is 5.11 Å². The van der Waals surface area contributed by atoms with Crippen molar-refractivity contribution in [3.05, 3.63) is 23.8 Å². The van der Waals surface area contributed by atoms with E-state index < -0.39 is 0 Å². The molecule has 0 saturated carbocycles. The van der Waals surface area contributed by atoms with E-state index in [-0.39, 0.29) is 5.41 Å². The zero-order valence-electron chi connectivity index (χ0n) is 13.6. The average Bonchev–Trinajstić information content (AvgIpc) is 2.44.